The maximum atomic E-state index is 5.94. The van der Waals surface area contributed by atoms with E-state index in [4.69, 9.17) is 4.74 Å². The Bertz CT molecular complexity index is 633. The van der Waals surface area contributed by atoms with Gasteiger partial charge in [-0.25, -0.2) is 0 Å². The molecule has 1 saturated heterocycles. The highest BCUT2D eigenvalue weighted by atomic mass is 32.2. The predicted octanol–water partition coefficient (Wildman–Crippen LogP) is 6.00. The van der Waals surface area contributed by atoms with Crippen LogP contribution in [0.1, 0.15) is 69.1 Å². The van der Waals surface area contributed by atoms with Crippen LogP contribution in [0.15, 0.2) is 12.1 Å². The van der Waals surface area contributed by atoms with E-state index in [2.05, 4.69) is 56.4 Å². The summed E-state index contributed by atoms with van der Waals surface area (Å²) < 4.78 is 6.43. The molecule has 2 aliphatic carbocycles. The normalized spacial score (nSPS) is 31.1. The van der Waals surface area contributed by atoms with Crippen LogP contribution in [0.25, 0.3) is 0 Å². The number of ether oxygens (including phenoxy) is 1. The van der Waals surface area contributed by atoms with Gasteiger partial charge in [-0.15, -0.1) is 23.5 Å². The summed E-state index contributed by atoms with van der Waals surface area (Å²) in [5.74, 6) is 5.22. The highest BCUT2D eigenvalue weighted by Crippen LogP contribution is 2.65. The zero-order valence-corrected chi connectivity index (χ0v) is 17.1. The Labute approximate surface area is 155 Å². The van der Waals surface area contributed by atoms with Crippen molar-refractivity contribution >= 4 is 23.5 Å². The predicted molar refractivity (Wildman–Crippen MR) is 108 cm³/mol. The number of thioether (sulfide) groups is 2. The van der Waals surface area contributed by atoms with Gasteiger partial charge in [-0.3, -0.25) is 0 Å². The van der Waals surface area contributed by atoms with Gasteiger partial charge in [0.1, 0.15) is 5.75 Å². The van der Waals surface area contributed by atoms with Crippen LogP contribution in [-0.2, 0) is 11.8 Å². The summed E-state index contributed by atoms with van der Waals surface area (Å²) >= 11 is 4.55. The number of fused-ring (bicyclic) bond motifs is 4. The molecule has 1 heterocycles. The molecule has 1 saturated carbocycles. The fourth-order valence-electron chi connectivity index (χ4n) is 5.63. The third kappa shape index (κ3) is 2.37. The minimum atomic E-state index is 0.332. The molecule has 3 aliphatic rings. The molecule has 24 heavy (non-hydrogen) atoms. The topological polar surface area (TPSA) is 9.23 Å². The van der Waals surface area contributed by atoms with E-state index in [9.17, 15) is 0 Å². The van der Waals surface area contributed by atoms with Crippen molar-refractivity contribution < 1.29 is 4.74 Å². The van der Waals surface area contributed by atoms with Crippen LogP contribution in [0.4, 0.5) is 0 Å². The van der Waals surface area contributed by atoms with Crippen LogP contribution in [-0.4, -0.2) is 22.7 Å². The minimum Gasteiger partial charge on any atom is -0.496 e. The minimum absolute atomic E-state index is 0.332. The molecule has 3 heteroatoms. The monoisotopic (exact) mass is 362 g/mol. The molecule has 2 atom stereocenters. The molecule has 0 unspecified atom stereocenters. The van der Waals surface area contributed by atoms with E-state index in [0.717, 1.165) is 5.92 Å². The van der Waals surface area contributed by atoms with Gasteiger partial charge in [-0.1, -0.05) is 39.3 Å². The lowest BCUT2D eigenvalue weighted by molar-refractivity contribution is 0.171. The molecule has 1 spiro atoms. The molecule has 4 rings (SSSR count). The first-order valence-corrected chi connectivity index (χ1v) is 11.5. The molecule has 1 aromatic carbocycles. The maximum absolute atomic E-state index is 5.94. The number of hydrogen-bond donors (Lipinski definition) is 0. The summed E-state index contributed by atoms with van der Waals surface area (Å²) in [6.45, 7) is 7.11. The lowest BCUT2D eigenvalue weighted by Crippen LogP contribution is -2.50. The summed E-state index contributed by atoms with van der Waals surface area (Å²) in [6.07, 6.45) is 6.67. The third-order valence-corrected chi connectivity index (χ3v) is 10.4. The summed E-state index contributed by atoms with van der Waals surface area (Å²) in [7, 11) is 1.86. The molecule has 0 aromatic heterocycles. The molecule has 2 fully saturated rings. The van der Waals surface area contributed by atoms with Gasteiger partial charge >= 0.3 is 0 Å². The van der Waals surface area contributed by atoms with Crippen molar-refractivity contribution in [2.24, 2.45) is 5.92 Å². The molecule has 0 amide bonds. The van der Waals surface area contributed by atoms with Crippen molar-refractivity contribution in [1.29, 1.82) is 0 Å². The quantitative estimate of drug-likeness (QED) is 0.638. The Morgan fingerprint density at radius 1 is 1.17 bits per heavy atom. The largest absolute Gasteiger partial charge is 0.496 e. The summed E-state index contributed by atoms with van der Waals surface area (Å²) in [6, 6.07) is 4.81. The first kappa shape index (κ1) is 17.1. The van der Waals surface area contributed by atoms with Crippen LogP contribution in [0.5, 0.6) is 5.75 Å². The van der Waals surface area contributed by atoms with Crippen LogP contribution in [0.3, 0.4) is 0 Å². The zero-order chi connectivity index (χ0) is 16.9. The fourth-order valence-corrected chi connectivity index (χ4v) is 9.55. The summed E-state index contributed by atoms with van der Waals surface area (Å²) in [4.78, 5) is 0. The smallest absolute Gasteiger partial charge is 0.125 e. The second-order valence-corrected chi connectivity index (χ2v) is 11.3. The number of methoxy groups -OCH3 is 1. The Hall–Kier alpha value is -0.280. The molecule has 1 aromatic rings. The van der Waals surface area contributed by atoms with E-state index in [0.29, 0.717) is 15.4 Å². The first-order chi connectivity index (χ1) is 11.5. The van der Waals surface area contributed by atoms with Crippen LogP contribution in [0.2, 0.25) is 0 Å². The Morgan fingerprint density at radius 3 is 2.58 bits per heavy atom. The second kappa shape index (κ2) is 6.16. The van der Waals surface area contributed by atoms with Gasteiger partial charge in [-0.2, -0.15) is 0 Å². The van der Waals surface area contributed by atoms with Gasteiger partial charge < -0.3 is 4.74 Å². The standard InChI is InChI=1S/C21H30OS2/c1-14(2)15-6-8-17-16(19(15)22-4)7-9-18-20(17,3)10-5-11-21(18)23-12-13-24-21/h6,8,14,18H,5,7,9-13H2,1-4H3/t18-,20-/m1/s1. The van der Waals surface area contributed by atoms with Crippen molar-refractivity contribution in [2.75, 3.05) is 18.6 Å². The SMILES string of the molecule is COc1c(C(C)C)ccc2c1CC[C@H]1C3(CCC[C@]21C)SCCS3. The van der Waals surface area contributed by atoms with Gasteiger partial charge in [0.15, 0.2) is 0 Å². The van der Waals surface area contributed by atoms with E-state index in [1.54, 1.807) is 5.56 Å². The van der Waals surface area contributed by atoms with Crippen molar-refractivity contribution in [3.05, 3.63) is 28.8 Å². The lowest BCUT2D eigenvalue weighted by Gasteiger charge is -2.54. The molecule has 0 radical (unpaired) electrons. The van der Waals surface area contributed by atoms with Gasteiger partial charge in [0, 0.05) is 11.5 Å². The molecular formula is C21H30OS2. The van der Waals surface area contributed by atoms with Crippen molar-refractivity contribution in [2.45, 2.75) is 68.3 Å². The van der Waals surface area contributed by atoms with E-state index in [1.165, 1.54) is 60.5 Å². The molecule has 132 valence electrons. The lowest BCUT2D eigenvalue weighted by atomic mass is 9.57. The number of rotatable bonds is 2. The Morgan fingerprint density at radius 2 is 1.92 bits per heavy atom. The molecule has 1 aliphatic heterocycles. The summed E-state index contributed by atoms with van der Waals surface area (Å²) in [5.41, 5.74) is 4.84. The molecule has 1 nitrogen and oxygen atoms in total. The average molecular weight is 363 g/mol. The van der Waals surface area contributed by atoms with Gasteiger partial charge in [0.05, 0.1) is 11.2 Å². The first-order valence-electron chi connectivity index (χ1n) is 9.50. The third-order valence-electron chi connectivity index (χ3n) is 6.71. The van der Waals surface area contributed by atoms with E-state index in [1.807, 2.05) is 7.11 Å². The Balaban J connectivity index is 1.83. The zero-order valence-electron chi connectivity index (χ0n) is 15.5. The number of benzene rings is 1. The van der Waals surface area contributed by atoms with Crippen molar-refractivity contribution in [1.82, 2.24) is 0 Å². The van der Waals surface area contributed by atoms with E-state index < -0.39 is 0 Å². The van der Waals surface area contributed by atoms with E-state index >= 15 is 0 Å². The Kier molecular flexibility index (Phi) is 4.40. The van der Waals surface area contributed by atoms with Crippen LogP contribution >= 0.6 is 23.5 Å². The molecular weight excluding hydrogens is 332 g/mol. The highest BCUT2D eigenvalue weighted by molar-refractivity contribution is 8.21. The fraction of sp³-hybridized carbons (Fsp3) is 0.714. The van der Waals surface area contributed by atoms with Crippen LogP contribution in [0, 0.1) is 5.92 Å². The molecule has 0 bridgehead atoms. The van der Waals surface area contributed by atoms with Crippen molar-refractivity contribution in [3.8, 4) is 5.75 Å². The molecule has 0 N–H and O–H groups in total. The van der Waals surface area contributed by atoms with E-state index in [-0.39, 0.29) is 0 Å². The summed E-state index contributed by atoms with van der Waals surface area (Å²) in [5, 5.41) is 0. The average Bonchev–Trinajstić information content (AvgIpc) is 3.02. The van der Waals surface area contributed by atoms with Gasteiger partial charge in [0.25, 0.3) is 0 Å². The van der Waals surface area contributed by atoms with Crippen molar-refractivity contribution in [3.63, 3.8) is 0 Å². The van der Waals surface area contributed by atoms with Crippen LogP contribution < -0.4 is 4.74 Å². The number of hydrogen-bond acceptors (Lipinski definition) is 3. The van der Waals surface area contributed by atoms with Gasteiger partial charge in [0.2, 0.25) is 0 Å². The van der Waals surface area contributed by atoms with Gasteiger partial charge in [-0.05, 0) is 59.6 Å². The highest BCUT2D eigenvalue weighted by Gasteiger charge is 2.56. The maximum Gasteiger partial charge on any atom is 0.125 e. The second-order valence-electron chi connectivity index (χ2n) is 8.24.